The summed E-state index contributed by atoms with van der Waals surface area (Å²) in [6, 6.07) is 7.57. The van der Waals surface area contributed by atoms with E-state index in [9.17, 15) is 4.79 Å². The minimum Gasteiger partial charge on any atom is -0.492 e. The van der Waals surface area contributed by atoms with E-state index in [0.29, 0.717) is 13.2 Å². The first-order valence-corrected chi connectivity index (χ1v) is 5.34. The van der Waals surface area contributed by atoms with E-state index in [4.69, 9.17) is 9.47 Å². The molecular weight excluding hydrogens is 206 g/mol. The zero-order valence-corrected chi connectivity index (χ0v) is 9.47. The molecule has 1 aliphatic rings. The van der Waals surface area contributed by atoms with Gasteiger partial charge in [-0.1, -0.05) is 12.1 Å². The van der Waals surface area contributed by atoms with E-state index in [1.165, 1.54) is 7.11 Å². The maximum atomic E-state index is 11.3. The summed E-state index contributed by atoms with van der Waals surface area (Å²) in [5, 5.41) is 0. The van der Waals surface area contributed by atoms with Crippen LogP contribution in [-0.4, -0.2) is 32.3 Å². The molecule has 0 aliphatic carbocycles. The Balaban J connectivity index is 2.13. The summed E-state index contributed by atoms with van der Waals surface area (Å²) in [4.78, 5) is 13.3. The van der Waals surface area contributed by atoms with E-state index in [1.807, 2.05) is 36.1 Å². The predicted octanol–water partition coefficient (Wildman–Crippen LogP) is 1.45. The molecule has 1 saturated heterocycles. The molecule has 1 aliphatic heterocycles. The van der Waals surface area contributed by atoms with E-state index >= 15 is 0 Å². The molecule has 0 saturated carbocycles. The highest BCUT2D eigenvalue weighted by Gasteiger charge is 2.42. The first-order valence-electron chi connectivity index (χ1n) is 5.34. The summed E-state index contributed by atoms with van der Waals surface area (Å²) in [6.07, 6.45) is 0. The predicted molar refractivity (Wildman–Crippen MR) is 60.8 cm³/mol. The molecule has 1 heterocycles. The fourth-order valence-corrected chi connectivity index (χ4v) is 1.72. The van der Waals surface area contributed by atoms with Crippen LogP contribution in [0, 0.1) is 0 Å². The van der Waals surface area contributed by atoms with Crippen LogP contribution < -0.4 is 9.64 Å². The second kappa shape index (κ2) is 4.43. The van der Waals surface area contributed by atoms with Crippen LogP contribution in [0.4, 0.5) is 5.69 Å². The minimum atomic E-state index is -0.189. The lowest BCUT2D eigenvalue weighted by Gasteiger charge is -2.11. The monoisotopic (exact) mass is 221 g/mol. The number of rotatable bonds is 4. The van der Waals surface area contributed by atoms with Crippen LogP contribution in [-0.2, 0) is 9.53 Å². The molecule has 0 amide bonds. The third kappa shape index (κ3) is 1.96. The van der Waals surface area contributed by atoms with Gasteiger partial charge in [-0.15, -0.1) is 0 Å². The molecule has 0 radical (unpaired) electrons. The van der Waals surface area contributed by atoms with Crippen LogP contribution >= 0.6 is 0 Å². The molecule has 0 N–H and O–H groups in total. The standard InChI is InChI=1S/C12H15NO3/c1-3-16-11-7-5-4-6-9(11)13-8-10(13)12(14)15-2/h4-7,10H,3,8H2,1-2H3. The first-order chi connectivity index (χ1) is 7.77. The van der Waals surface area contributed by atoms with Gasteiger partial charge in [0.1, 0.15) is 11.8 Å². The number of benzene rings is 1. The Morgan fingerprint density at radius 2 is 2.25 bits per heavy atom. The number of hydrogen-bond acceptors (Lipinski definition) is 4. The largest absolute Gasteiger partial charge is 0.492 e. The van der Waals surface area contributed by atoms with Crippen molar-refractivity contribution in [3.05, 3.63) is 24.3 Å². The lowest BCUT2D eigenvalue weighted by Crippen LogP contribution is -2.14. The van der Waals surface area contributed by atoms with Gasteiger partial charge in [0.15, 0.2) is 0 Å². The van der Waals surface area contributed by atoms with Crippen LogP contribution in [0.25, 0.3) is 0 Å². The third-order valence-electron chi connectivity index (χ3n) is 2.56. The molecule has 1 aromatic rings. The van der Waals surface area contributed by atoms with Crippen molar-refractivity contribution in [2.45, 2.75) is 13.0 Å². The van der Waals surface area contributed by atoms with Crippen LogP contribution in [0.15, 0.2) is 24.3 Å². The molecule has 1 atom stereocenters. The maximum Gasteiger partial charge on any atom is 0.330 e. The summed E-state index contributed by atoms with van der Waals surface area (Å²) in [6.45, 7) is 3.27. The first kappa shape index (κ1) is 10.8. The molecule has 1 fully saturated rings. The molecule has 4 nitrogen and oxygen atoms in total. The van der Waals surface area contributed by atoms with Gasteiger partial charge >= 0.3 is 5.97 Å². The molecule has 0 bridgehead atoms. The maximum absolute atomic E-state index is 11.3. The lowest BCUT2D eigenvalue weighted by molar-refractivity contribution is -0.139. The summed E-state index contributed by atoms with van der Waals surface area (Å²) >= 11 is 0. The molecule has 1 unspecified atom stereocenters. The average molecular weight is 221 g/mol. The Hall–Kier alpha value is -1.71. The minimum absolute atomic E-state index is 0.147. The van der Waals surface area contributed by atoms with Gasteiger partial charge in [-0.2, -0.15) is 0 Å². The molecule has 2 rings (SSSR count). The lowest BCUT2D eigenvalue weighted by atomic mass is 10.3. The molecular formula is C12H15NO3. The summed E-state index contributed by atoms with van der Waals surface area (Å²) in [7, 11) is 1.41. The van der Waals surface area contributed by atoms with Gasteiger partial charge in [0.05, 0.1) is 25.9 Å². The van der Waals surface area contributed by atoms with E-state index < -0.39 is 0 Å². The van der Waals surface area contributed by atoms with Crippen molar-refractivity contribution in [3.63, 3.8) is 0 Å². The number of anilines is 1. The van der Waals surface area contributed by atoms with Crippen molar-refractivity contribution >= 4 is 11.7 Å². The third-order valence-corrected chi connectivity index (χ3v) is 2.56. The Morgan fingerprint density at radius 3 is 2.94 bits per heavy atom. The second-order valence-electron chi connectivity index (χ2n) is 3.59. The summed E-state index contributed by atoms with van der Waals surface area (Å²) < 4.78 is 10.2. The van der Waals surface area contributed by atoms with Crippen LogP contribution in [0.2, 0.25) is 0 Å². The summed E-state index contributed by atoms with van der Waals surface area (Å²) in [5.41, 5.74) is 0.958. The van der Waals surface area contributed by atoms with Gasteiger partial charge in [-0.25, -0.2) is 4.79 Å². The Bertz CT molecular complexity index is 392. The SMILES string of the molecule is CCOc1ccccc1N1CC1C(=O)OC. The van der Waals surface area contributed by atoms with Crippen molar-refractivity contribution in [2.75, 3.05) is 25.2 Å². The van der Waals surface area contributed by atoms with Gasteiger partial charge in [-0.3, -0.25) is 0 Å². The van der Waals surface area contributed by atoms with Crippen LogP contribution in [0.3, 0.4) is 0 Å². The zero-order valence-electron chi connectivity index (χ0n) is 9.47. The van der Waals surface area contributed by atoms with Crippen molar-refractivity contribution in [1.82, 2.24) is 0 Å². The average Bonchev–Trinajstić information content (AvgIpc) is 3.09. The number of esters is 1. The zero-order chi connectivity index (χ0) is 11.5. The van der Waals surface area contributed by atoms with Crippen LogP contribution in [0.5, 0.6) is 5.75 Å². The second-order valence-corrected chi connectivity index (χ2v) is 3.59. The smallest absolute Gasteiger partial charge is 0.330 e. The quantitative estimate of drug-likeness (QED) is 0.569. The highest BCUT2D eigenvalue weighted by Crippen LogP contribution is 2.36. The van der Waals surface area contributed by atoms with E-state index in [0.717, 1.165) is 11.4 Å². The highest BCUT2D eigenvalue weighted by molar-refractivity contribution is 5.87. The number of ether oxygens (including phenoxy) is 2. The number of carbonyl (C=O) groups excluding carboxylic acids is 1. The van der Waals surface area contributed by atoms with E-state index in [2.05, 4.69) is 0 Å². The van der Waals surface area contributed by atoms with Gasteiger partial charge in [-0.05, 0) is 19.1 Å². The Kier molecular flexibility index (Phi) is 2.99. The van der Waals surface area contributed by atoms with Crippen molar-refractivity contribution in [1.29, 1.82) is 0 Å². The van der Waals surface area contributed by atoms with Gasteiger partial charge in [0.2, 0.25) is 0 Å². The van der Waals surface area contributed by atoms with Gasteiger partial charge in [0.25, 0.3) is 0 Å². The Morgan fingerprint density at radius 1 is 1.50 bits per heavy atom. The van der Waals surface area contributed by atoms with Gasteiger partial charge in [0, 0.05) is 0 Å². The van der Waals surface area contributed by atoms with Crippen LogP contribution in [0.1, 0.15) is 6.92 Å². The Labute approximate surface area is 94.8 Å². The fourth-order valence-electron chi connectivity index (χ4n) is 1.72. The molecule has 4 heteroatoms. The molecule has 0 spiro atoms. The molecule has 86 valence electrons. The number of carbonyl (C=O) groups is 1. The summed E-state index contributed by atoms with van der Waals surface area (Å²) in [5.74, 6) is 0.628. The van der Waals surface area contributed by atoms with Gasteiger partial charge < -0.3 is 14.4 Å². The number of para-hydroxylation sites is 2. The highest BCUT2D eigenvalue weighted by atomic mass is 16.5. The number of methoxy groups -OCH3 is 1. The van der Waals surface area contributed by atoms with E-state index in [1.54, 1.807) is 0 Å². The number of nitrogens with zero attached hydrogens (tertiary/aromatic N) is 1. The van der Waals surface area contributed by atoms with E-state index in [-0.39, 0.29) is 12.0 Å². The van der Waals surface area contributed by atoms with Crippen molar-refractivity contribution in [3.8, 4) is 5.75 Å². The molecule has 0 aromatic heterocycles. The van der Waals surface area contributed by atoms with Crippen molar-refractivity contribution < 1.29 is 14.3 Å². The normalized spacial score (nSPS) is 18.1. The molecule has 1 aromatic carbocycles. The number of hydrogen-bond donors (Lipinski definition) is 0. The topological polar surface area (TPSA) is 38.5 Å². The fraction of sp³-hybridized carbons (Fsp3) is 0.417. The molecule has 16 heavy (non-hydrogen) atoms. The van der Waals surface area contributed by atoms with Crippen molar-refractivity contribution in [2.24, 2.45) is 0 Å².